The van der Waals surface area contributed by atoms with Crippen molar-refractivity contribution in [2.75, 3.05) is 11.9 Å². The van der Waals surface area contributed by atoms with E-state index in [0.29, 0.717) is 5.95 Å². The van der Waals surface area contributed by atoms with Gasteiger partial charge < -0.3 is 5.32 Å². The number of rotatable bonds is 6. The van der Waals surface area contributed by atoms with Gasteiger partial charge in [0.2, 0.25) is 5.95 Å². The van der Waals surface area contributed by atoms with E-state index in [0.717, 1.165) is 42.6 Å². The zero-order chi connectivity index (χ0) is 14.4. The van der Waals surface area contributed by atoms with Crippen molar-refractivity contribution in [2.45, 2.75) is 65.7 Å². The number of anilines is 1. The molecular weight excluding hydrogens is 248 g/mol. The predicted molar refractivity (Wildman–Crippen MR) is 82.8 cm³/mol. The van der Waals surface area contributed by atoms with Crippen LogP contribution in [-0.2, 0) is 12.8 Å². The number of hydrogen-bond donors (Lipinski definition) is 1. The van der Waals surface area contributed by atoms with Gasteiger partial charge in [-0.2, -0.15) is 5.10 Å². The van der Waals surface area contributed by atoms with Gasteiger partial charge in [-0.15, -0.1) is 5.10 Å². The van der Waals surface area contributed by atoms with E-state index < -0.39 is 0 Å². The highest BCUT2D eigenvalue weighted by Gasteiger charge is 2.18. The van der Waals surface area contributed by atoms with Gasteiger partial charge in [0.25, 0.3) is 0 Å². The average molecular weight is 276 g/mol. The Morgan fingerprint density at radius 1 is 1.10 bits per heavy atom. The summed E-state index contributed by atoms with van der Waals surface area (Å²) in [5.41, 5.74) is 2.11. The first-order chi connectivity index (χ1) is 9.72. The topological polar surface area (TPSA) is 50.7 Å². The summed E-state index contributed by atoms with van der Waals surface area (Å²) in [7, 11) is 0. The van der Waals surface area contributed by atoms with Crippen molar-refractivity contribution in [3.63, 3.8) is 0 Å². The van der Waals surface area contributed by atoms with Crippen LogP contribution >= 0.6 is 0 Å². The van der Waals surface area contributed by atoms with Gasteiger partial charge in [-0.1, -0.05) is 40.0 Å². The van der Waals surface area contributed by atoms with E-state index in [1.165, 1.54) is 32.1 Å². The van der Waals surface area contributed by atoms with Crippen LogP contribution in [0.25, 0.3) is 0 Å². The summed E-state index contributed by atoms with van der Waals surface area (Å²) in [6.45, 7) is 7.57. The van der Waals surface area contributed by atoms with Crippen molar-refractivity contribution in [3.8, 4) is 0 Å². The van der Waals surface area contributed by atoms with Crippen LogP contribution in [-0.4, -0.2) is 21.7 Å². The second-order valence-electron chi connectivity index (χ2n) is 6.09. The van der Waals surface area contributed by atoms with Gasteiger partial charge in [-0.05, 0) is 37.5 Å². The standard InChI is InChI=1S/C16H28N4/c1-4-14-15(5-2)19-20-16(18-14)17-10-9-13-8-6-7-12(3)11-13/h12-13H,4-11H2,1-3H3,(H,17,18,20). The number of nitrogens with one attached hydrogen (secondary N) is 1. The van der Waals surface area contributed by atoms with Gasteiger partial charge in [0.1, 0.15) is 0 Å². The Labute approximate surface area is 122 Å². The summed E-state index contributed by atoms with van der Waals surface area (Å²) in [4.78, 5) is 4.57. The molecule has 2 unspecified atom stereocenters. The first-order valence-corrected chi connectivity index (χ1v) is 8.19. The third kappa shape index (κ3) is 4.15. The summed E-state index contributed by atoms with van der Waals surface area (Å²) in [5, 5.41) is 11.8. The van der Waals surface area contributed by atoms with Crippen LogP contribution in [0.1, 0.15) is 64.3 Å². The minimum atomic E-state index is 0.697. The van der Waals surface area contributed by atoms with Gasteiger partial charge in [-0.25, -0.2) is 4.98 Å². The Morgan fingerprint density at radius 2 is 1.90 bits per heavy atom. The fourth-order valence-corrected chi connectivity index (χ4v) is 3.22. The van der Waals surface area contributed by atoms with Crippen molar-refractivity contribution in [1.29, 1.82) is 0 Å². The molecule has 1 heterocycles. The highest BCUT2D eigenvalue weighted by Crippen LogP contribution is 2.30. The van der Waals surface area contributed by atoms with Crippen molar-refractivity contribution in [2.24, 2.45) is 11.8 Å². The summed E-state index contributed by atoms with van der Waals surface area (Å²) in [6.07, 6.45) is 8.64. The molecule has 2 rings (SSSR count). The molecule has 4 nitrogen and oxygen atoms in total. The summed E-state index contributed by atoms with van der Waals surface area (Å²) >= 11 is 0. The number of nitrogens with zero attached hydrogens (tertiary/aromatic N) is 3. The lowest BCUT2D eigenvalue weighted by atomic mass is 9.81. The van der Waals surface area contributed by atoms with Crippen LogP contribution in [0.15, 0.2) is 0 Å². The number of aryl methyl sites for hydroxylation is 2. The molecule has 1 fully saturated rings. The third-order valence-electron chi connectivity index (χ3n) is 4.39. The molecule has 1 saturated carbocycles. The summed E-state index contributed by atoms with van der Waals surface area (Å²) in [5.74, 6) is 2.48. The van der Waals surface area contributed by atoms with Crippen LogP contribution < -0.4 is 5.32 Å². The van der Waals surface area contributed by atoms with Gasteiger partial charge in [0, 0.05) is 6.54 Å². The molecule has 0 saturated heterocycles. The normalized spacial score (nSPS) is 22.8. The first kappa shape index (κ1) is 15.2. The predicted octanol–water partition coefficient (Wildman–Crippen LogP) is 3.62. The maximum Gasteiger partial charge on any atom is 0.242 e. The van der Waals surface area contributed by atoms with E-state index in [1.54, 1.807) is 0 Å². The highest BCUT2D eigenvalue weighted by atomic mass is 15.2. The lowest BCUT2D eigenvalue weighted by Crippen LogP contribution is -2.17. The van der Waals surface area contributed by atoms with E-state index in [9.17, 15) is 0 Å². The minimum Gasteiger partial charge on any atom is -0.353 e. The van der Waals surface area contributed by atoms with Crippen LogP contribution in [0, 0.1) is 11.8 Å². The second-order valence-corrected chi connectivity index (χ2v) is 6.09. The van der Waals surface area contributed by atoms with Gasteiger partial charge in [0.05, 0.1) is 11.4 Å². The molecule has 1 aliphatic carbocycles. The molecule has 1 N–H and O–H groups in total. The lowest BCUT2D eigenvalue weighted by molar-refractivity contribution is 0.274. The summed E-state index contributed by atoms with van der Waals surface area (Å²) < 4.78 is 0. The van der Waals surface area contributed by atoms with Crippen molar-refractivity contribution in [1.82, 2.24) is 15.2 Å². The summed E-state index contributed by atoms with van der Waals surface area (Å²) in [6, 6.07) is 0. The smallest absolute Gasteiger partial charge is 0.242 e. The highest BCUT2D eigenvalue weighted by molar-refractivity contribution is 5.25. The molecule has 0 bridgehead atoms. The molecule has 1 aliphatic rings. The van der Waals surface area contributed by atoms with Crippen LogP contribution in [0.3, 0.4) is 0 Å². The molecule has 0 amide bonds. The Kier molecular flexibility index (Phi) is 5.74. The van der Waals surface area contributed by atoms with Gasteiger partial charge >= 0.3 is 0 Å². The minimum absolute atomic E-state index is 0.697. The van der Waals surface area contributed by atoms with E-state index in [4.69, 9.17) is 0 Å². The monoisotopic (exact) mass is 276 g/mol. The third-order valence-corrected chi connectivity index (χ3v) is 4.39. The van der Waals surface area contributed by atoms with Gasteiger partial charge in [0.15, 0.2) is 0 Å². The largest absolute Gasteiger partial charge is 0.353 e. The number of aromatic nitrogens is 3. The molecule has 2 atom stereocenters. The molecule has 1 aromatic rings. The molecule has 1 aromatic heterocycles. The SMILES string of the molecule is CCc1nnc(NCCC2CCCC(C)C2)nc1CC. The van der Waals surface area contributed by atoms with Gasteiger partial charge in [-0.3, -0.25) is 0 Å². The molecule has 20 heavy (non-hydrogen) atoms. The van der Waals surface area contributed by atoms with E-state index in [1.807, 2.05) is 0 Å². The molecular formula is C16H28N4. The van der Waals surface area contributed by atoms with Crippen LogP contribution in [0.2, 0.25) is 0 Å². The maximum atomic E-state index is 4.57. The fraction of sp³-hybridized carbons (Fsp3) is 0.812. The second kappa shape index (κ2) is 7.55. The van der Waals surface area contributed by atoms with Crippen molar-refractivity contribution >= 4 is 5.95 Å². The Bertz CT molecular complexity index is 419. The Balaban J connectivity index is 1.81. The van der Waals surface area contributed by atoms with E-state index in [2.05, 4.69) is 41.3 Å². The quantitative estimate of drug-likeness (QED) is 0.862. The number of hydrogen-bond acceptors (Lipinski definition) is 4. The van der Waals surface area contributed by atoms with Crippen molar-refractivity contribution < 1.29 is 0 Å². The van der Waals surface area contributed by atoms with E-state index >= 15 is 0 Å². The molecule has 0 aliphatic heterocycles. The molecule has 0 aromatic carbocycles. The van der Waals surface area contributed by atoms with Crippen LogP contribution in [0.5, 0.6) is 0 Å². The molecule has 112 valence electrons. The average Bonchev–Trinajstić information content (AvgIpc) is 2.47. The Hall–Kier alpha value is -1.19. The molecule has 0 radical (unpaired) electrons. The molecule has 4 heteroatoms. The van der Waals surface area contributed by atoms with Crippen molar-refractivity contribution in [3.05, 3.63) is 11.4 Å². The maximum absolute atomic E-state index is 4.57. The first-order valence-electron chi connectivity index (χ1n) is 8.19. The fourth-order valence-electron chi connectivity index (χ4n) is 3.22. The Morgan fingerprint density at radius 3 is 2.60 bits per heavy atom. The zero-order valence-electron chi connectivity index (χ0n) is 13.2. The molecule has 0 spiro atoms. The zero-order valence-corrected chi connectivity index (χ0v) is 13.2. The lowest BCUT2D eigenvalue weighted by Gasteiger charge is -2.26. The van der Waals surface area contributed by atoms with Crippen LogP contribution in [0.4, 0.5) is 5.95 Å². The van der Waals surface area contributed by atoms with E-state index in [-0.39, 0.29) is 0 Å².